The number of nitrogens with one attached hydrogen (secondary N) is 1. The van der Waals surface area contributed by atoms with E-state index in [1.54, 1.807) is 28.1 Å². The first kappa shape index (κ1) is 16.3. The molecule has 0 amide bonds. The van der Waals surface area contributed by atoms with E-state index in [1.807, 2.05) is 24.3 Å². The van der Waals surface area contributed by atoms with Gasteiger partial charge in [0.05, 0.1) is 19.4 Å². The van der Waals surface area contributed by atoms with E-state index in [-0.39, 0.29) is 5.97 Å². The predicted molar refractivity (Wildman–Crippen MR) is 78.1 cm³/mol. The van der Waals surface area contributed by atoms with Crippen LogP contribution in [-0.2, 0) is 14.3 Å². The lowest BCUT2D eigenvalue weighted by molar-refractivity contribution is -0.148. The highest BCUT2D eigenvalue weighted by molar-refractivity contribution is 5.84. The number of carbonyl (C=O) groups excluding carboxylic acids is 1. The van der Waals surface area contributed by atoms with E-state index in [4.69, 9.17) is 14.2 Å². The van der Waals surface area contributed by atoms with Crippen LogP contribution in [-0.4, -0.2) is 38.9 Å². The molecule has 112 valence electrons. The van der Waals surface area contributed by atoms with Crippen molar-refractivity contribution in [3.05, 3.63) is 24.3 Å². The number of para-hydroxylation sites is 2. The second-order valence-corrected chi connectivity index (χ2v) is 4.62. The third kappa shape index (κ3) is 4.13. The highest BCUT2D eigenvalue weighted by atomic mass is 16.5. The molecule has 1 atom stereocenters. The van der Waals surface area contributed by atoms with Gasteiger partial charge in [-0.3, -0.25) is 0 Å². The molecule has 0 fully saturated rings. The molecule has 1 aromatic rings. The summed E-state index contributed by atoms with van der Waals surface area (Å²) >= 11 is 0. The monoisotopic (exact) mass is 281 g/mol. The smallest absolute Gasteiger partial charge is 0.331 e. The maximum absolute atomic E-state index is 12.2. The molecule has 5 heteroatoms. The van der Waals surface area contributed by atoms with Crippen LogP contribution in [0.15, 0.2) is 24.3 Å². The second kappa shape index (κ2) is 7.75. The summed E-state index contributed by atoms with van der Waals surface area (Å²) < 4.78 is 15.5. The molecule has 0 aliphatic rings. The van der Waals surface area contributed by atoms with Crippen LogP contribution < -0.4 is 10.1 Å². The van der Waals surface area contributed by atoms with Gasteiger partial charge in [0.2, 0.25) is 0 Å². The minimum Gasteiger partial charge on any atom is -0.495 e. The molecule has 1 rings (SSSR count). The van der Waals surface area contributed by atoms with E-state index in [9.17, 15) is 4.79 Å². The standard InChI is InChI=1S/C15H23NO4/c1-5-20-14(17)15(2,10-11-18-3)16-12-8-6-7-9-13(12)19-4/h6-9,16H,5,10-11H2,1-4H3. The lowest BCUT2D eigenvalue weighted by Gasteiger charge is -2.30. The summed E-state index contributed by atoms with van der Waals surface area (Å²) in [4.78, 5) is 12.2. The first-order valence-corrected chi connectivity index (χ1v) is 6.64. The van der Waals surface area contributed by atoms with E-state index < -0.39 is 5.54 Å². The molecule has 0 aliphatic heterocycles. The highest BCUT2D eigenvalue weighted by Crippen LogP contribution is 2.28. The van der Waals surface area contributed by atoms with Crippen molar-refractivity contribution in [1.82, 2.24) is 0 Å². The van der Waals surface area contributed by atoms with Crippen LogP contribution in [0.4, 0.5) is 5.69 Å². The summed E-state index contributed by atoms with van der Waals surface area (Å²) in [5, 5.41) is 3.21. The van der Waals surface area contributed by atoms with Crippen molar-refractivity contribution in [2.45, 2.75) is 25.8 Å². The van der Waals surface area contributed by atoms with Gasteiger partial charge in [0.1, 0.15) is 11.3 Å². The van der Waals surface area contributed by atoms with Gasteiger partial charge >= 0.3 is 5.97 Å². The molecule has 1 N–H and O–H groups in total. The number of anilines is 1. The Balaban J connectivity index is 2.96. The molecule has 1 unspecified atom stereocenters. The summed E-state index contributed by atoms with van der Waals surface area (Å²) in [6.45, 7) is 4.39. The van der Waals surface area contributed by atoms with Crippen molar-refractivity contribution in [3.8, 4) is 5.75 Å². The Bertz CT molecular complexity index is 436. The Morgan fingerprint density at radius 1 is 1.30 bits per heavy atom. The number of ether oxygens (including phenoxy) is 3. The maximum atomic E-state index is 12.2. The van der Waals surface area contributed by atoms with Crippen molar-refractivity contribution >= 4 is 11.7 Å². The summed E-state index contributed by atoms with van der Waals surface area (Å²) in [6, 6.07) is 7.46. The van der Waals surface area contributed by atoms with Crippen LogP contribution in [0.25, 0.3) is 0 Å². The number of rotatable bonds is 8. The number of esters is 1. The fourth-order valence-electron chi connectivity index (χ4n) is 1.86. The van der Waals surface area contributed by atoms with Gasteiger partial charge in [-0.1, -0.05) is 12.1 Å². The van der Waals surface area contributed by atoms with Crippen molar-refractivity contribution in [2.75, 3.05) is 32.8 Å². The summed E-state index contributed by atoms with van der Waals surface area (Å²) in [5.41, 5.74) is -0.109. The molecule has 0 radical (unpaired) electrons. The minimum atomic E-state index is -0.860. The SMILES string of the molecule is CCOC(=O)C(C)(CCOC)Nc1ccccc1OC. The molecule has 0 spiro atoms. The van der Waals surface area contributed by atoms with Gasteiger partial charge in [-0.15, -0.1) is 0 Å². The molecule has 0 aromatic heterocycles. The number of hydrogen-bond acceptors (Lipinski definition) is 5. The molecule has 5 nitrogen and oxygen atoms in total. The topological polar surface area (TPSA) is 56.8 Å². The van der Waals surface area contributed by atoms with Gasteiger partial charge in [0.15, 0.2) is 0 Å². The molecule has 0 aliphatic carbocycles. The summed E-state index contributed by atoms with van der Waals surface area (Å²) in [7, 11) is 3.20. The fraction of sp³-hybridized carbons (Fsp3) is 0.533. The van der Waals surface area contributed by atoms with E-state index >= 15 is 0 Å². The first-order valence-electron chi connectivity index (χ1n) is 6.64. The highest BCUT2D eigenvalue weighted by Gasteiger charge is 2.35. The first-order chi connectivity index (χ1) is 9.57. The van der Waals surface area contributed by atoms with E-state index in [1.165, 1.54) is 0 Å². The minimum absolute atomic E-state index is 0.303. The zero-order valence-electron chi connectivity index (χ0n) is 12.6. The van der Waals surface area contributed by atoms with Gasteiger partial charge in [-0.25, -0.2) is 4.79 Å². The molecular weight excluding hydrogens is 258 g/mol. The van der Waals surface area contributed by atoms with Gasteiger partial charge in [0.25, 0.3) is 0 Å². The number of carbonyl (C=O) groups is 1. The van der Waals surface area contributed by atoms with Gasteiger partial charge in [-0.05, 0) is 26.0 Å². The zero-order chi connectivity index (χ0) is 15.0. The molecule has 20 heavy (non-hydrogen) atoms. The molecule has 0 bridgehead atoms. The predicted octanol–water partition coefficient (Wildman–Crippen LogP) is 2.47. The Labute approximate surface area is 120 Å². The van der Waals surface area contributed by atoms with E-state index in [0.29, 0.717) is 25.4 Å². The maximum Gasteiger partial charge on any atom is 0.331 e. The van der Waals surface area contributed by atoms with Crippen LogP contribution >= 0.6 is 0 Å². The Morgan fingerprint density at radius 3 is 2.60 bits per heavy atom. The number of methoxy groups -OCH3 is 2. The van der Waals surface area contributed by atoms with Crippen LogP contribution in [0.3, 0.4) is 0 Å². The zero-order valence-corrected chi connectivity index (χ0v) is 12.6. The summed E-state index contributed by atoms with van der Waals surface area (Å²) in [5.74, 6) is 0.378. The van der Waals surface area contributed by atoms with Crippen LogP contribution in [0.1, 0.15) is 20.3 Å². The number of hydrogen-bond donors (Lipinski definition) is 1. The third-order valence-electron chi connectivity index (χ3n) is 3.05. The normalized spacial score (nSPS) is 13.4. The molecular formula is C15H23NO4. The van der Waals surface area contributed by atoms with Gasteiger partial charge < -0.3 is 19.5 Å². The molecule has 1 aromatic carbocycles. The van der Waals surface area contributed by atoms with Crippen molar-refractivity contribution in [3.63, 3.8) is 0 Å². The fourth-order valence-corrected chi connectivity index (χ4v) is 1.86. The second-order valence-electron chi connectivity index (χ2n) is 4.62. The van der Waals surface area contributed by atoms with Gasteiger partial charge in [0, 0.05) is 20.1 Å². The van der Waals surface area contributed by atoms with Crippen molar-refractivity contribution in [2.24, 2.45) is 0 Å². The van der Waals surface area contributed by atoms with Crippen LogP contribution in [0.5, 0.6) is 5.75 Å². The van der Waals surface area contributed by atoms with Crippen LogP contribution in [0.2, 0.25) is 0 Å². The lowest BCUT2D eigenvalue weighted by Crippen LogP contribution is -2.45. The average Bonchev–Trinajstić information content (AvgIpc) is 2.46. The van der Waals surface area contributed by atoms with E-state index in [2.05, 4.69) is 5.32 Å². The Hall–Kier alpha value is -1.75. The van der Waals surface area contributed by atoms with Crippen molar-refractivity contribution < 1.29 is 19.0 Å². The largest absolute Gasteiger partial charge is 0.495 e. The lowest BCUT2D eigenvalue weighted by atomic mass is 9.97. The molecule has 0 saturated heterocycles. The Kier molecular flexibility index (Phi) is 6.31. The van der Waals surface area contributed by atoms with E-state index in [0.717, 1.165) is 5.69 Å². The quantitative estimate of drug-likeness (QED) is 0.742. The molecule has 0 saturated carbocycles. The van der Waals surface area contributed by atoms with Crippen molar-refractivity contribution in [1.29, 1.82) is 0 Å². The van der Waals surface area contributed by atoms with Gasteiger partial charge in [-0.2, -0.15) is 0 Å². The number of benzene rings is 1. The summed E-state index contributed by atoms with van der Waals surface area (Å²) in [6.07, 6.45) is 0.500. The van der Waals surface area contributed by atoms with Crippen LogP contribution in [0, 0.1) is 0 Å². The Morgan fingerprint density at radius 2 is 2.00 bits per heavy atom. The molecule has 0 heterocycles. The average molecular weight is 281 g/mol. The third-order valence-corrected chi connectivity index (χ3v) is 3.05.